The van der Waals surface area contributed by atoms with E-state index in [-0.39, 0.29) is 39.0 Å². The molecule has 0 spiro atoms. The average molecular weight is 745 g/mol. The lowest BCUT2D eigenvalue weighted by Gasteiger charge is -2.18. The van der Waals surface area contributed by atoms with E-state index >= 15 is 0 Å². The summed E-state index contributed by atoms with van der Waals surface area (Å²) in [7, 11) is 0. The molecule has 256 valence electrons. The van der Waals surface area contributed by atoms with Crippen LogP contribution in [0.1, 0.15) is 34.8 Å². The molecule has 0 fully saturated rings. The van der Waals surface area contributed by atoms with E-state index in [2.05, 4.69) is 10.6 Å². The highest BCUT2D eigenvalue weighted by Crippen LogP contribution is 2.39. The van der Waals surface area contributed by atoms with Gasteiger partial charge in [0.2, 0.25) is 5.91 Å². The zero-order valence-electron chi connectivity index (χ0n) is 24.8. The van der Waals surface area contributed by atoms with Crippen molar-refractivity contribution in [3.8, 4) is 0 Å². The van der Waals surface area contributed by atoms with Gasteiger partial charge in [-0.2, -0.15) is 13.2 Å². The molecular weight excluding hydrogens is 722 g/mol. The molecule has 49 heavy (non-hydrogen) atoms. The van der Waals surface area contributed by atoms with Crippen LogP contribution in [0.5, 0.6) is 0 Å². The Morgan fingerprint density at radius 1 is 0.816 bits per heavy atom. The van der Waals surface area contributed by atoms with Crippen LogP contribution in [0.4, 0.5) is 42.1 Å². The third kappa shape index (κ3) is 8.94. The van der Waals surface area contributed by atoms with Gasteiger partial charge in [0.25, 0.3) is 11.8 Å². The zero-order chi connectivity index (χ0) is 36.0. The first-order valence-corrected chi connectivity index (χ1v) is 15.6. The Morgan fingerprint density at radius 3 is 1.98 bits per heavy atom. The van der Waals surface area contributed by atoms with Crippen molar-refractivity contribution in [3.63, 3.8) is 0 Å². The minimum atomic E-state index is -5.74. The molecule has 0 aliphatic carbocycles. The highest BCUT2D eigenvalue weighted by Gasteiger charge is 2.42. The Balaban J connectivity index is 1.56. The quantitative estimate of drug-likeness (QED) is 0.0654. The second kappa shape index (κ2) is 15.8. The summed E-state index contributed by atoms with van der Waals surface area (Å²) >= 11 is 13.4. The minimum absolute atomic E-state index is 0.0150. The van der Waals surface area contributed by atoms with Crippen LogP contribution < -0.4 is 16.0 Å². The number of nitrogens with one attached hydrogen (secondary N) is 3. The first kappa shape index (κ1) is 37.3. The van der Waals surface area contributed by atoms with E-state index in [0.29, 0.717) is 4.90 Å². The minimum Gasteiger partial charge on any atom is -0.321 e. The monoisotopic (exact) mass is 743 g/mol. The molecule has 0 saturated carbocycles. The molecule has 1 unspecified atom stereocenters. The number of alkyl halides is 3. The van der Waals surface area contributed by atoms with Crippen LogP contribution in [0.3, 0.4) is 0 Å². The summed E-state index contributed by atoms with van der Waals surface area (Å²) in [4.78, 5) is 39.6. The molecule has 0 saturated heterocycles. The lowest BCUT2D eigenvalue weighted by molar-refractivity contribution is -0.143. The normalized spacial score (nSPS) is 12.3. The van der Waals surface area contributed by atoms with Crippen molar-refractivity contribution >= 4 is 70.1 Å². The van der Waals surface area contributed by atoms with Gasteiger partial charge in [0.15, 0.2) is 23.3 Å². The van der Waals surface area contributed by atoms with Gasteiger partial charge in [-0.25, -0.2) is 17.6 Å². The lowest BCUT2D eigenvalue weighted by Crippen LogP contribution is -2.30. The third-order valence-corrected chi connectivity index (χ3v) is 8.66. The summed E-state index contributed by atoms with van der Waals surface area (Å²) in [5.74, 6) is -12.9. The molecule has 0 bridgehead atoms. The third-order valence-electron chi connectivity index (χ3n) is 6.65. The highest BCUT2D eigenvalue weighted by atomic mass is 35.5. The molecule has 3 N–H and O–H groups in total. The number of carbonyl (C=O) groups excluding carboxylic acids is 3. The molecule has 16 heteroatoms. The van der Waals surface area contributed by atoms with Crippen molar-refractivity contribution < 1.29 is 45.1 Å². The van der Waals surface area contributed by atoms with Crippen molar-refractivity contribution in [2.24, 2.45) is 0 Å². The predicted molar refractivity (Wildman–Crippen MR) is 173 cm³/mol. The number of amides is 3. The van der Waals surface area contributed by atoms with E-state index in [9.17, 15) is 45.1 Å². The van der Waals surface area contributed by atoms with E-state index < -0.39 is 63.7 Å². The van der Waals surface area contributed by atoms with Gasteiger partial charge in [-0.3, -0.25) is 14.4 Å². The van der Waals surface area contributed by atoms with E-state index in [1.54, 1.807) is 29.6 Å². The maximum atomic E-state index is 14.4. The van der Waals surface area contributed by atoms with Crippen molar-refractivity contribution in [2.45, 2.75) is 29.7 Å². The predicted octanol–water partition coefficient (Wildman–Crippen LogP) is 9.49. The van der Waals surface area contributed by atoms with Crippen LogP contribution in [-0.2, 0) is 15.8 Å². The number of benzene rings is 4. The molecule has 1 atom stereocenters. The van der Waals surface area contributed by atoms with Crippen LogP contribution in [0.15, 0.2) is 83.4 Å². The van der Waals surface area contributed by atoms with Crippen molar-refractivity contribution in [1.29, 1.82) is 0 Å². The van der Waals surface area contributed by atoms with Crippen LogP contribution >= 0.6 is 35.0 Å². The molecular formula is C33H22Cl2F7N3O3S. The van der Waals surface area contributed by atoms with Gasteiger partial charge in [0.1, 0.15) is 16.9 Å². The van der Waals surface area contributed by atoms with Crippen molar-refractivity contribution in [2.75, 3.05) is 10.6 Å². The Morgan fingerprint density at radius 2 is 1.41 bits per heavy atom. The number of hydrogen-bond acceptors (Lipinski definition) is 4. The van der Waals surface area contributed by atoms with Gasteiger partial charge in [0.05, 0.1) is 5.25 Å². The first-order chi connectivity index (χ1) is 23.1. The van der Waals surface area contributed by atoms with Crippen molar-refractivity contribution in [1.82, 2.24) is 5.32 Å². The lowest BCUT2D eigenvalue weighted by atomic mass is 10.1. The van der Waals surface area contributed by atoms with Gasteiger partial charge < -0.3 is 16.0 Å². The number of carbonyl (C=O) groups is 3. The zero-order valence-corrected chi connectivity index (χ0v) is 27.2. The van der Waals surface area contributed by atoms with Gasteiger partial charge in [-0.1, -0.05) is 60.5 Å². The summed E-state index contributed by atoms with van der Waals surface area (Å²) in [6, 6.07) is 18.5. The van der Waals surface area contributed by atoms with Crippen molar-refractivity contribution in [3.05, 3.63) is 128 Å². The number of anilines is 2. The molecule has 0 aromatic heterocycles. The fourth-order valence-electron chi connectivity index (χ4n) is 4.26. The molecule has 4 aromatic rings. The van der Waals surface area contributed by atoms with E-state index in [1.165, 1.54) is 61.5 Å². The molecule has 0 radical (unpaired) electrons. The molecule has 6 nitrogen and oxygen atoms in total. The van der Waals surface area contributed by atoms with Crippen LogP contribution in [-0.4, -0.2) is 23.0 Å². The van der Waals surface area contributed by atoms with Gasteiger partial charge in [-0.15, -0.1) is 11.8 Å². The summed E-state index contributed by atoms with van der Waals surface area (Å²) < 4.78 is 95.7. The van der Waals surface area contributed by atoms with Crippen LogP contribution in [0.25, 0.3) is 6.08 Å². The maximum absolute atomic E-state index is 14.4. The SMILES string of the molecule is CCC(Sc1cccc(NC(=O)/C(=C\c2c(Cl)cccc2Cl)NC(=O)c2ccccc2)c1)C(=O)Nc1c(F)c(F)c(C(F)(F)F)c(F)c1F. The molecule has 0 aliphatic heterocycles. The maximum Gasteiger partial charge on any atom is 0.422 e. The topological polar surface area (TPSA) is 87.3 Å². The van der Waals surface area contributed by atoms with E-state index in [4.69, 9.17) is 23.2 Å². The Hall–Kier alpha value is -4.53. The number of rotatable bonds is 10. The largest absolute Gasteiger partial charge is 0.422 e. The van der Waals surface area contributed by atoms with E-state index in [1.807, 2.05) is 0 Å². The second-order valence-corrected chi connectivity index (χ2v) is 12.1. The smallest absolute Gasteiger partial charge is 0.321 e. The van der Waals surface area contributed by atoms with Crippen LogP contribution in [0.2, 0.25) is 10.0 Å². The second-order valence-electron chi connectivity index (χ2n) is 10.0. The summed E-state index contributed by atoms with van der Waals surface area (Å²) in [6.07, 6.45) is -4.48. The average Bonchev–Trinajstić information content (AvgIpc) is 3.05. The summed E-state index contributed by atoms with van der Waals surface area (Å²) in [5.41, 5.74) is -4.08. The summed E-state index contributed by atoms with van der Waals surface area (Å²) in [6.45, 7) is 1.50. The molecule has 3 amide bonds. The Bertz CT molecular complexity index is 1890. The Labute approximate surface area is 288 Å². The van der Waals surface area contributed by atoms with Crippen LogP contribution in [0, 0.1) is 23.3 Å². The van der Waals surface area contributed by atoms with Gasteiger partial charge >= 0.3 is 6.18 Å². The fourth-order valence-corrected chi connectivity index (χ4v) is 5.78. The highest BCUT2D eigenvalue weighted by molar-refractivity contribution is 8.00. The van der Waals surface area contributed by atoms with E-state index in [0.717, 1.165) is 11.8 Å². The number of hydrogen-bond donors (Lipinski definition) is 3. The molecule has 4 rings (SSSR count). The molecule has 0 heterocycles. The fraction of sp³-hybridized carbons (Fsp3) is 0.121. The van der Waals surface area contributed by atoms with Gasteiger partial charge in [-0.05, 0) is 55.0 Å². The standard InChI is InChI=1S/C33H22Cl2F7N3O3S/c1-2-23(32(48)45-29-27(38)25(36)24(33(40,41)42)26(37)28(29)39)49-18-11-6-10-17(14-18)43-31(47)22(15-19-20(34)12-7-13-21(19)35)44-30(46)16-8-4-3-5-9-16/h3-15,23H,2H2,1H3,(H,43,47)(H,44,46)(H,45,48)/b22-15+. The number of thioether (sulfide) groups is 1. The number of halogens is 9. The van der Waals surface area contributed by atoms with Gasteiger partial charge in [0, 0.05) is 31.8 Å². The molecule has 0 aliphatic rings. The summed E-state index contributed by atoms with van der Waals surface area (Å²) in [5, 5.41) is 5.98. The Kier molecular flexibility index (Phi) is 12.0. The molecule has 4 aromatic carbocycles. The first-order valence-electron chi connectivity index (χ1n) is 14.0.